The first-order chi connectivity index (χ1) is 16.0. The molecule has 34 heavy (non-hydrogen) atoms. The van der Waals surface area contributed by atoms with E-state index in [2.05, 4.69) is 0 Å². The van der Waals surface area contributed by atoms with Gasteiger partial charge >= 0.3 is 12.1 Å². The van der Waals surface area contributed by atoms with Crippen LogP contribution in [0.1, 0.15) is 51.4 Å². The molecule has 1 unspecified atom stereocenters. The van der Waals surface area contributed by atoms with Crippen molar-refractivity contribution in [1.29, 1.82) is 0 Å². The number of alkyl halides is 3. The summed E-state index contributed by atoms with van der Waals surface area (Å²) in [4.78, 5) is 24.8. The summed E-state index contributed by atoms with van der Waals surface area (Å²) in [7, 11) is 0. The number of carbonyl (C=O) groups excluding carboxylic acids is 1. The van der Waals surface area contributed by atoms with E-state index in [0.717, 1.165) is 6.07 Å². The monoisotopic (exact) mass is 478 g/mol. The zero-order chi connectivity index (χ0) is 25.0. The van der Waals surface area contributed by atoms with Crippen LogP contribution in [-0.4, -0.2) is 18.7 Å². The number of benzene rings is 2. The first kappa shape index (κ1) is 25.1. The molecule has 9 heteroatoms. The van der Waals surface area contributed by atoms with Crippen molar-refractivity contribution in [2.45, 2.75) is 52.3 Å². The van der Waals surface area contributed by atoms with E-state index in [9.17, 15) is 22.8 Å². The molecule has 6 nitrogen and oxygen atoms in total. The minimum atomic E-state index is -4.99. The molecular formula is C25H25F3O6. The summed E-state index contributed by atoms with van der Waals surface area (Å²) in [5.41, 5.74) is -0.687. The fraction of sp³-hybridized carbons (Fsp3) is 0.360. The largest absolute Gasteiger partial charge is 0.482 e. The van der Waals surface area contributed by atoms with Crippen molar-refractivity contribution in [3.8, 4) is 17.2 Å². The summed E-state index contributed by atoms with van der Waals surface area (Å²) >= 11 is 0. The smallest absolute Gasteiger partial charge is 0.453 e. The van der Waals surface area contributed by atoms with Gasteiger partial charge in [-0.15, -0.1) is 0 Å². The molecule has 0 spiro atoms. The van der Waals surface area contributed by atoms with Gasteiger partial charge in [-0.3, -0.25) is 4.79 Å². The van der Waals surface area contributed by atoms with Crippen LogP contribution in [0, 0.1) is 0 Å². The molecule has 0 saturated heterocycles. The maximum atomic E-state index is 13.8. The molecule has 1 aromatic heterocycles. The highest BCUT2D eigenvalue weighted by Crippen LogP contribution is 2.40. The maximum Gasteiger partial charge on any atom is 0.453 e. The molecule has 0 fully saturated rings. The van der Waals surface area contributed by atoms with Crippen LogP contribution >= 0.6 is 0 Å². The quantitative estimate of drug-likeness (QED) is 0.347. The highest BCUT2D eigenvalue weighted by Gasteiger charge is 2.40. The summed E-state index contributed by atoms with van der Waals surface area (Å²) in [5.74, 6) is -3.00. The van der Waals surface area contributed by atoms with Gasteiger partial charge in [0.15, 0.2) is 6.61 Å². The Kier molecular flexibility index (Phi) is 7.54. The lowest BCUT2D eigenvalue weighted by Crippen LogP contribution is -2.20. The van der Waals surface area contributed by atoms with Gasteiger partial charge in [0.1, 0.15) is 17.1 Å². The van der Waals surface area contributed by atoms with Crippen LogP contribution in [0.5, 0.6) is 17.2 Å². The third-order valence-electron chi connectivity index (χ3n) is 5.10. The molecular weight excluding hydrogens is 453 g/mol. The Bertz CT molecular complexity index is 1230. The molecule has 0 N–H and O–H groups in total. The van der Waals surface area contributed by atoms with E-state index in [-0.39, 0.29) is 34.5 Å². The van der Waals surface area contributed by atoms with E-state index >= 15 is 0 Å². The zero-order valence-electron chi connectivity index (χ0n) is 19.2. The van der Waals surface area contributed by atoms with Gasteiger partial charge in [0.2, 0.25) is 11.2 Å². The molecule has 1 heterocycles. The molecule has 0 aliphatic heterocycles. The molecule has 2 aromatic carbocycles. The van der Waals surface area contributed by atoms with Crippen LogP contribution in [0.2, 0.25) is 0 Å². The average molecular weight is 478 g/mol. The Morgan fingerprint density at radius 2 is 1.79 bits per heavy atom. The van der Waals surface area contributed by atoms with Gasteiger partial charge in [-0.25, -0.2) is 4.79 Å². The fourth-order valence-corrected chi connectivity index (χ4v) is 3.17. The first-order valence-electron chi connectivity index (χ1n) is 10.8. The molecule has 3 rings (SSSR count). The molecule has 0 saturated carbocycles. The summed E-state index contributed by atoms with van der Waals surface area (Å²) in [6, 6.07) is 10.3. The van der Waals surface area contributed by atoms with Crippen LogP contribution in [0.25, 0.3) is 11.0 Å². The normalized spacial score (nSPS) is 12.6. The number of hydrogen-bond donors (Lipinski definition) is 0. The number of fused-ring (bicyclic) bond motifs is 1. The highest BCUT2D eigenvalue weighted by molar-refractivity contribution is 5.80. The number of carbonyl (C=O) groups is 1. The summed E-state index contributed by atoms with van der Waals surface area (Å²) < 4.78 is 62.5. The van der Waals surface area contributed by atoms with Crippen molar-refractivity contribution in [2.75, 3.05) is 6.61 Å². The lowest BCUT2D eigenvalue weighted by atomic mass is 10.0. The summed E-state index contributed by atoms with van der Waals surface area (Å²) in [5, 5.41) is -0.125. The molecule has 3 aromatic rings. The fourth-order valence-electron chi connectivity index (χ4n) is 3.17. The minimum Gasteiger partial charge on any atom is -0.482 e. The number of ether oxygens (including phenoxy) is 3. The molecule has 182 valence electrons. The highest BCUT2D eigenvalue weighted by atomic mass is 19.4. The first-order valence-corrected chi connectivity index (χ1v) is 10.8. The standard InChI is InChI=1S/C25H25F3O6/c1-5-15(4)32-21(29)13-31-16-10-11-18-20(12-16)34-24(25(26,27)28)23(22(18)30)33-19-9-7-6-8-17(19)14(2)3/h6-12,14-15H,5,13H2,1-4H3. The Labute approximate surface area is 194 Å². The summed E-state index contributed by atoms with van der Waals surface area (Å²) in [6.07, 6.45) is -4.66. The number of para-hydroxylation sites is 1. The van der Waals surface area contributed by atoms with E-state index in [4.69, 9.17) is 18.6 Å². The predicted octanol–water partition coefficient (Wildman–Crippen LogP) is 6.45. The Balaban J connectivity index is 2.00. The molecule has 0 amide bonds. The van der Waals surface area contributed by atoms with Crippen molar-refractivity contribution in [1.82, 2.24) is 0 Å². The lowest BCUT2D eigenvalue weighted by Gasteiger charge is -2.16. The van der Waals surface area contributed by atoms with Crippen LogP contribution in [0.3, 0.4) is 0 Å². The van der Waals surface area contributed by atoms with Crippen LogP contribution in [-0.2, 0) is 15.7 Å². The number of esters is 1. The van der Waals surface area contributed by atoms with Gasteiger partial charge in [0, 0.05) is 6.07 Å². The van der Waals surface area contributed by atoms with Crippen LogP contribution < -0.4 is 14.9 Å². The van der Waals surface area contributed by atoms with Gasteiger partial charge in [-0.05, 0) is 43.0 Å². The topological polar surface area (TPSA) is 75.0 Å². The predicted molar refractivity (Wildman–Crippen MR) is 119 cm³/mol. The third kappa shape index (κ3) is 5.70. The Morgan fingerprint density at radius 1 is 1.09 bits per heavy atom. The van der Waals surface area contributed by atoms with Gasteiger partial charge in [-0.2, -0.15) is 13.2 Å². The van der Waals surface area contributed by atoms with Crippen molar-refractivity contribution in [3.63, 3.8) is 0 Å². The molecule has 0 radical (unpaired) electrons. The molecule has 0 bridgehead atoms. The maximum absolute atomic E-state index is 13.8. The van der Waals surface area contributed by atoms with Crippen molar-refractivity contribution < 1.29 is 36.6 Å². The number of rotatable bonds is 8. The molecule has 0 aliphatic rings. The van der Waals surface area contributed by atoms with Crippen molar-refractivity contribution in [2.24, 2.45) is 0 Å². The van der Waals surface area contributed by atoms with Crippen LogP contribution in [0.15, 0.2) is 51.7 Å². The SMILES string of the molecule is CCC(C)OC(=O)COc1ccc2c(=O)c(Oc3ccccc3C(C)C)c(C(F)(F)F)oc2c1. The lowest BCUT2D eigenvalue weighted by molar-refractivity contribution is -0.154. The van der Waals surface area contributed by atoms with Gasteiger partial charge < -0.3 is 18.6 Å². The van der Waals surface area contributed by atoms with E-state index < -0.39 is 35.7 Å². The van der Waals surface area contributed by atoms with E-state index in [1.165, 1.54) is 18.2 Å². The number of halogens is 3. The van der Waals surface area contributed by atoms with Crippen molar-refractivity contribution in [3.05, 3.63) is 64.0 Å². The van der Waals surface area contributed by atoms with Gasteiger partial charge in [0.25, 0.3) is 5.76 Å². The Hall–Kier alpha value is -3.49. The van der Waals surface area contributed by atoms with E-state index in [1.54, 1.807) is 25.1 Å². The van der Waals surface area contributed by atoms with E-state index in [0.29, 0.717) is 12.0 Å². The second-order valence-electron chi connectivity index (χ2n) is 8.04. The second-order valence-corrected chi connectivity index (χ2v) is 8.04. The molecule has 1 atom stereocenters. The average Bonchev–Trinajstić information content (AvgIpc) is 2.78. The minimum absolute atomic E-state index is 0.0451. The van der Waals surface area contributed by atoms with Gasteiger partial charge in [-0.1, -0.05) is 39.0 Å². The third-order valence-corrected chi connectivity index (χ3v) is 5.10. The summed E-state index contributed by atoms with van der Waals surface area (Å²) in [6.45, 7) is 6.84. The van der Waals surface area contributed by atoms with E-state index in [1.807, 2.05) is 20.8 Å². The Morgan fingerprint density at radius 3 is 2.44 bits per heavy atom. The zero-order valence-corrected chi connectivity index (χ0v) is 19.2. The van der Waals surface area contributed by atoms with Gasteiger partial charge in [0.05, 0.1) is 11.5 Å². The van der Waals surface area contributed by atoms with Crippen molar-refractivity contribution >= 4 is 16.9 Å². The number of hydrogen-bond acceptors (Lipinski definition) is 6. The van der Waals surface area contributed by atoms with Crippen LogP contribution in [0.4, 0.5) is 13.2 Å². The second kappa shape index (κ2) is 10.2. The molecule has 0 aliphatic carbocycles.